The third-order valence-electron chi connectivity index (χ3n) is 2.25. The first-order chi connectivity index (χ1) is 5.95. The van der Waals surface area contributed by atoms with E-state index in [4.69, 9.17) is 0 Å². The molecule has 0 saturated heterocycles. The van der Waals surface area contributed by atoms with Gasteiger partial charge < -0.3 is 0 Å². The number of hydrogen-bond donors (Lipinski definition) is 0. The minimum Gasteiger partial charge on any atom is -0.260 e. The second-order valence-electron chi connectivity index (χ2n) is 4.61. The molecule has 0 saturated carbocycles. The Labute approximate surface area is 81.2 Å². The van der Waals surface area contributed by atoms with Gasteiger partial charge in [-0.05, 0) is 24.5 Å². The highest BCUT2D eigenvalue weighted by atomic mass is 14.7. The maximum atomic E-state index is 4.52. The van der Waals surface area contributed by atoms with Crippen LogP contribution in [-0.4, -0.2) is 4.98 Å². The van der Waals surface area contributed by atoms with Crippen molar-refractivity contribution in [3.05, 3.63) is 29.1 Å². The van der Waals surface area contributed by atoms with Gasteiger partial charge >= 0.3 is 0 Å². The van der Waals surface area contributed by atoms with E-state index in [2.05, 4.69) is 45.7 Å². The fourth-order valence-corrected chi connectivity index (χ4v) is 1.61. The number of aryl methyl sites for hydroxylation is 2. The lowest BCUT2D eigenvalue weighted by atomic mass is 9.88. The summed E-state index contributed by atoms with van der Waals surface area (Å²) in [5.74, 6) is 0. The van der Waals surface area contributed by atoms with Crippen molar-refractivity contribution in [2.24, 2.45) is 0 Å². The predicted molar refractivity (Wildman–Crippen MR) is 57.1 cm³/mol. The zero-order valence-corrected chi connectivity index (χ0v) is 9.31. The third kappa shape index (κ3) is 2.30. The Morgan fingerprint density at radius 3 is 2.31 bits per heavy atom. The highest BCUT2D eigenvalue weighted by Crippen LogP contribution is 2.23. The molecule has 0 aliphatic rings. The summed E-state index contributed by atoms with van der Waals surface area (Å²) in [4.78, 5) is 4.52. The molecule has 1 heteroatoms. The van der Waals surface area contributed by atoms with E-state index in [0.29, 0.717) is 0 Å². The van der Waals surface area contributed by atoms with Crippen LogP contribution in [0, 0.1) is 6.92 Å². The summed E-state index contributed by atoms with van der Waals surface area (Å²) in [7, 11) is 0. The van der Waals surface area contributed by atoms with Gasteiger partial charge in [-0.3, -0.25) is 4.98 Å². The quantitative estimate of drug-likeness (QED) is 0.641. The maximum absolute atomic E-state index is 4.52. The van der Waals surface area contributed by atoms with Crippen molar-refractivity contribution in [3.8, 4) is 0 Å². The lowest BCUT2D eigenvalue weighted by Crippen LogP contribution is -2.15. The zero-order valence-electron chi connectivity index (χ0n) is 9.31. The Morgan fingerprint density at radius 1 is 1.31 bits per heavy atom. The van der Waals surface area contributed by atoms with E-state index in [9.17, 15) is 0 Å². The SMILES string of the molecule is CCc1cnc(C(C)(C)C)c(C)c1. The van der Waals surface area contributed by atoms with Crippen molar-refractivity contribution in [1.29, 1.82) is 0 Å². The molecule has 1 aromatic heterocycles. The lowest BCUT2D eigenvalue weighted by molar-refractivity contribution is 0.563. The molecule has 1 nitrogen and oxygen atoms in total. The van der Waals surface area contributed by atoms with E-state index < -0.39 is 0 Å². The summed E-state index contributed by atoms with van der Waals surface area (Å²) in [6.07, 6.45) is 3.06. The minimum absolute atomic E-state index is 0.163. The van der Waals surface area contributed by atoms with Crippen molar-refractivity contribution in [3.63, 3.8) is 0 Å². The van der Waals surface area contributed by atoms with Gasteiger partial charge in [-0.25, -0.2) is 0 Å². The average Bonchev–Trinajstić information content (AvgIpc) is 2.01. The molecule has 0 unspecified atom stereocenters. The molecule has 0 N–H and O–H groups in total. The van der Waals surface area contributed by atoms with E-state index in [1.807, 2.05) is 6.20 Å². The molecule has 0 aliphatic carbocycles. The summed E-state index contributed by atoms with van der Waals surface area (Å²) >= 11 is 0. The standard InChI is InChI=1S/C12H19N/c1-6-10-7-9(2)11(13-8-10)12(3,4)5/h7-8H,6H2,1-5H3. The van der Waals surface area contributed by atoms with E-state index in [-0.39, 0.29) is 5.41 Å². The first-order valence-corrected chi connectivity index (χ1v) is 4.91. The van der Waals surface area contributed by atoms with Crippen LogP contribution in [0.3, 0.4) is 0 Å². The first kappa shape index (κ1) is 10.2. The van der Waals surface area contributed by atoms with Crippen LogP contribution in [0.1, 0.15) is 44.5 Å². The Balaban J connectivity index is 3.13. The predicted octanol–water partition coefficient (Wildman–Crippen LogP) is 3.25. The smallest absolute Gasteiger partial charge is 0.0486 e. The van der Waals surface area contributed by atoms with Crippen LogP contribution in [0.25, 0.3) is 0 Å². The second-order valence-corrected chi connectivity index (χ2v) is 4.61. The molecule has 72 valence electrons. The molecule has 0 fully saturated rings. The Bertz CT molecular complexity index is 294. The highest BCUT2D eigenvalue weighted by molar-refractivity contribution is 5.28. The first-order valence-electron chi connectivity index (χ1n) is 4.91. The summed E-state index contributed by atoms with van der Waals surface area (Å²) in [6, 6.07) is 2.24. The van der Waals surface area contributed by atoms with Crippen LogP contribution in [0.15, 0.2) is 12.3 Å². The largest absolute Gasteiger partial charge is 0.260 e. The Hall–Kier alpha value is -0.850. The molecule has 0 amide bonds. The fourth-order valence-electron chi connectivity index (χ4n) is 1.61. The van der Waals surface area contributed by atoms with Crippen LogP contribution >= 0.6 is 0 Å². The normalized spacial score (nSPS) is 11.8. The van der Waals surface area contributed by atoms with Crippen molar-refractivity contribution in [2.75, 3.05) is 0 Å². The van der Waals surface area contributed by atoms with Gasteiger partial charge in [0.1, 0.15) is 0 Å². The summed E-state index contributed by atoms with van der Waals surface area (Å²) in [6.45, 7) is 10.9. The maximum Gasteiger partial charge on any atom is 0.0486 e. The Morgan fingerprint density at radius 2 is 1.92 bits per heavy atom. The molecule has 1 aromatic rings. The molecule has 1 heterocycles. The average molecular weight is 177 g/mol. The van der Waals surface area contributed by atoms with Gasteiger partial charge in [-0.2, -0.15) is 0 Å². The molecule has 0 atom stereocenters. The van der Waals surface area contributed by atoms with Crippen molar-refractivity contribution in [2.45, 2.75) is 46.5 Å². The zero-order chi connectivity index (χ0) is 10.1. The number of pyridine rings is 1. The number of hydrogen-bond acceptors (Lipinski definition) is 1. The third-order valence-corrected chi connectivity index (χ3v) is 2.25. The van der Waals surface area contributed by atoms with Gasteiger partial charge in [0, 0.05) is 17.3 Å². The molecule has 0 aromatic carbocycles. The molecule has 1 rings (SSSR count). The molecule has 0 bridgehead atoms. The molecule has 13 heavy (non-hydrogen) atoms. The summed E-state index contributed by atoms with van der Waals surface area (Å²) in [5.41, 5.74) is 4.01. The number of nitrogens with zero attached hydrogens (tertiary/aromatic N) is 1. The van der Waals surface area contributed by atoms with Crippen molar-refractivity contribution >= 4 is 0 Å². The van der Waals surface area contributed by atoms with E-state index >= 15 is 0 Å². The van der Waals surface area contributed by atoms with Gasteiger partial charge in [0.25, 0.3) is 0 Å². The number of aromatic nitrogens is 1. The van der Waals surface area contributed by atoms with Crippen LogP contribution in [0.4, 0.5) is 0 Å². The topological polar surface area (TPSA) is 12.9 Å². The lowest BCUT2D eigenvalue weighted by Gasteiger charge is -2.20. The summed E-state index contributed by atoms with van der Waals surface area (Å²) < 4.78 is 0. The Kier molecular flexibility index (Phi) is 2.74. The molecular formula is C12H19N. The summed E-state index contributed by atoms with van der Waals surface area (Å²) in [5, 5.41) is 0. The van der Waals surface area contributed by atoms with Gasteiger partial charge in [0.15, 0.2) is 0 Å². The second kappa shape index (κ2) is 3.49. The molecule has 0 aliphatic heterocycles. The minimum atomic E-state index is 0.163. The molecule has 0 radical (unpaired) electrons. The van der Waals surface area contributed by atoms with E-state index in [0.717, 1.165) is 6.42 Å². The monoisotopic (exact) mass is 177 g/mol. The van der Waals surface area contributed by atoms with E-state index in [1.54, 1.807) is 0 Å². The van der Waals surface area contributed by atoms with E-state index in [1.165, 1.54) is 16.8 Å². The van der Waals surface area contributed by atoms with Gasteiger partial charge in [0.2, 0.25) is 0 Å². The van der Waals surface area contributed by atoms with Crippen LogP contribution < -0.4 is 0 Å². The van der Waals surface area contributed by atoms with Crippen molar-refractivity contribution in [1.82, 2.24) is 4.98 Å². The fraction of sp³-hybridized carbons (Fsp3) is 0.583. The van der Waals surface area contributed by atoms with Crippen LogP contribution in [0.2, 0.25) is 0 Å². The van der Waals surface area contributed by atoms with Gasteiger partial charge in [-0.1, -0.05) is 33.8 Å². The van der Waals surface area contributed by atoms with Crippen LogP contribution in [-0.2, 0) is 11.8 Å². The van der Waals surface area contributed by atoms with Crippen molar-refractivity contribution < 1.29 is 0 Å². The van der Waals surface area contributed by atoms with Crippen LogP contribution in [0.5, 0.6) is 0 Å². The molecular weight excluding hydrogens is 158 g/mol. The van der Waals surface area contributed by atoms with Gasteiger partial charge in [-0.15, -0.1) is 0 Å². The molecule has 0 spiro atoms. The van der Waals surface area contributed by atoms with Gasteiger partial charge in [0.05, 0.1) is 0 Å². The highest BCUT2D eigenvalue weighted by Gasteiger charge is 2.17. The number of rotatable bonds is 1.